The van der Waals surface area contributed by atoms with Crippen molar-refractivity contribution in [3.8, 4) is 0 Å². The lowest BCUT2D eigenvalue weighted by Crippen LogP contribution is -2.52. The highest BCUT2D eigenvalue weighted by Gasteiger charge is 2.42. The number of piperidine rings is 1. The van der Waals surface area contributed by atoms with Gasteiger partial charge in [0.2, 0.25) is 0 Å². The molecule has 1 aromatic carbocycles. The van der Waals surface area contributed by atoms with Crippen LogP contribution in [0.15, 0.2) is 42.7 Å². The second-order valence-corrected chi connectivity index (χ2v) is 6.85. The van der Waals surface area contributed by atoms with E-state index in [0.29, 0.717) is 24.1 Å². The molecule has 9 nitrogen and oxygen atoms in total. The van der Waals surface area contributed by atoms with E-state index in [-0.39, 0.29) is 30.7 Å². The fraction of sp³-hybridized carbons (Fsp3) is 0.400. The summed E-state index contributed by atoms with van der Waals surface area (Å²) in [5, 5.41) is 13.2. The van der Waals surface area contributed by atoms with E-state index in [2.05, 4.69) is 25.8 Å². The molecule has 1 saturated heterocycles. The summed E-state index contributed by atoms with van der Waals surface area (Å²) in [6.07, 6.45) is 4.88. The molecule has 0 radical (unpaired) electrons. The van der Waals surface area contributed by atoms with Gasteiger partial charge in [-0.25, -0.2) is 0 Å². The Morgan fingerprint density at radius 3 is 2.55 bits per heavy atom. The maximum atomic E-state index is 13.1. The van der Waals surface area contributed by atoms with Gasteiger partial charge in [-0.1, -0.05) is 0 Å². The van der Waals surface area contributed by atoms with Gasteiger partial charge in [-0.3, -0.25) is 19.1 Å². The summed E-state index contributed by atoms with van der Waals surface area (Å²) in [5.41, 5.74) is 0.307. The van der Waals surface area contributed by atoms with E-state index < -0.39 is 5.54 Å². The number of carbonyl (C=O) groups excluding carboxylic acids is 3. The van der Waals surface area contributed by atoms with Gasteiger partial charge >= 0.3 is 5.97 Å². The molecule has 154 valence electrons. The van der Waals surface area contributed by atoms with Gasteiger partial charge in [0.25, 0.3) is 11.8 Å². The molecule has 2 heterocycles. The molecule has 0 aliphatic carbocycles. The molecule has 1 aliphatic heterocycles. The van der Waals surface area contributed by atoms with Crippen LogP contribution < -0.4 is 16.0 Å². The third-order valence-corrected chi connectivity index (χ3v) is 5.04. The number of carbonyl (C=O) groups is 3. The summed E-state index contributed by atoms with van der Waals surface area (Å²) >= 11 is 0. The molecule has 0 spiro atoms. The monoisotopic (exact) mass is 399 g/mol. The largest absolute Gasteiger partial charge is 0.469 e. The summed E-state index contributed by atoms with van der Waals surface area (Å²) in [5.74, 6) is -0.802. The van der Waals surface area contributed by atoms with Crippen molar-refractivity contribution in [2.75, 3.05) is 32.1 Å². The average Bonchev–Trinajstić information content (AvgIpc) is 3.30. The first-order valence-electron chi connectivity index (χ1n) is 9.52. The number of nitrogens with one attached hydrogen (secondary N) is 3. The Hall–Kier alpha value is -3.20. The number of anilines is 1. The lowest BCUT2D eigenvalue weighted by molar-refractivity contribution is -0.140. The number of amides is 2. The van der Waals surface area contributed by atoms with Crippen molar-refractivity contribution < 1.29 is 19.1 Å². The number of rotatable bonds is 7. The van der Waals surface area contributed by atoms with Crippen molar-refractivity contribution in [2.24, 2.45) is 0 Å². The van der Waals surface area contributed by atoms with E-state index in [0.717, 1.165) is 13.1 Å². The van der Waals surface area contributed by atoms with Crippen LogP contribution in [-0.2, 0) is 19.9 Å². The zero-order valence-electron chi connectivity index (χ0n) is 16.3. The Morgan fingerprint density at radius 1 is 1.21 bits per heavy atom. The van der Waals surface area contributed by atoms with Crippen LogP contribution in [0.5, 0.6) is 0 Å². The van der Waals surface area contributed by atoms with Crippen molar-refractivity contribution >= 4 is 23.5 Å². The molecule has 29 heavy (non-hydrogen) atoms. The third-order valence-electron chi connectivity index (χ3n) is 5.04. The topological polar surface area (TPSA) is 114 Å². The number of nitrogens with zero attached hydrogens (tertiary/aromatic N) is 2. The van der Waals surface area contributed by atoms with Gasteiger partial charge in [0.15, 0.2) is 0 Å². The van der Waals surface area contributed by atoms with E-state index >= 15 is 0 Å². The normalized spacial score (nSPS) is 15.3. The summed E-state index contributed by atoms with van der Waals surface area (Å²) in [6.45, 7) is 1.67. The zero-order valence-corrected chi connectivity index (χ0v) is 16.3. The highest BCUT2D eigenvalue weighted by Crippen LogP contribution is 2.28. The first kappa shape index (κ1) is 20.5. The zero-order chi connectivity index (χ0) is 20.7. The number of ether oxygens (including phenoxy) is 1. The minimum Gasteiger partial charge on any atom is -0.469 e. The molecule has 1 aromatic heterocycles. The Kier molecular flexibility index (Phi) is 6.61. The SMILES string of the molecule is COC(=O)CCNC(=O)c1ccc(NC(=O)C2(n3cccn3)CCNCC2)cc1. The van der Waals surface area contributed by atoms with Gasteiger partial charge in [-0.15, -0.1) is 0 Å². The molecular formula is C20H25N5O4. The second kappa shape index (κ2) is 9.33. The third kappa shape index (κ3) is 4.80. The molecular weight excluding hydrogens is 374 g/mol. The minimum atomic E-state index is -0.737. The van der Waals surface area contributed by atoms with Gasteiger partial charge in [0.05, 0.1) is 13.5 Å². The summed E-state index contributed by atoms with van der Waals surface area (Å²) in [7, 11) is 1.30. The number of methoxy groups -OCH3 is 1. The van der Waals surface area contributed by atoms with Crippen molar-refractivity contribution in [1.82, 2.24) is 20.4 Å². The predicted octanol–water partition coefficient (Wildman–Crippen LogP) is 0.893. The molecule has 9 heteroatoms. The summed E-state index contributed by atoms with van der Waals surface area (Å²) < 4.78 is 6.26. The van der Waals surface area contributed by atoms with Gasteiger partial charge in [0.1, 0.15) is 5.54 Å². The van der Waals surface area contributed by atoms with Crippen LogP contribution in [0.4, 0.5) is 5.69 Å². The fourth-order valence-corrected chi connectivity index (χ4v) is 3.36. The minimum absolute atomic E-state index is 0.112. The number of esters is 1. The van der Waals surface area contributed by atoms with Crippen LogP contribution in [0.25, 0.3) is 0 Å². The lowest BCUT2D eigenvalue weighted by atomic mass is 9.87. The molecule has 2 aromatic rings. The van der Waals surface area contributed by atoms with Crippen LogP contribution in [0.3, 0.4) is 0 Å². The van der Waals surface area contributed by atoms with Crippen molar-refractivity contribution in [3.05, 3.63) is 48.3 Å². The standard InChI is InChI=1S/C20H25N5O4/c1-29-17(26)7-11-22-18(27)15-3-5-16(6-4-15)24-19(28)20(8-12-21-13-9-20)25-14-2-10-23-25/h2-6,10,14,21H,7-9,11-13H2,1H3,(H,22,27)(H,24,28). The van der Waals surface area contributed by atoms with Crippen LogP contribution in [-0.4, -0.2) is 54.3 Å². The second-order valence-electron chi connectivity index (χ2n) is 6.85. The molecule has 0 saturated carbocycles. The van der Waals surface area contributed by atoms with E-state index in [9.17, 15) is 14.4 Å². The highest BCUT2D eigenvalue weighted by atomic mass is 16.5. The fourth-order valence-electron chi connectivity index (χ4n) is 3.36. The number of aromatic nitrogens is 2. The van der Waals surface area contributed by atoms with Gasteiger partial charge in [0, 0.05) is 30.2 Å². The molecule has 0 bridgehead atoms. The van der Waals surface area contributed by atoms with Gasteiger partial charge in [-0.05, 0) is 56.3 Å². The Balaban J connectivity index is 1.63. The van der Waals surface area contributed by atoms with Crippen molar-refractivity contribution in [2.45, 2.75) is 24.8 Å². The quantitative estimate of drug-likeness (QED) is 0.596. The molecule has 2 amide bonds. The van der Waals surface area contributed by atoms with Crippen LogP contribution in [0.1, 0.15) is 29.6 Å². The smallest absolute Gasteiger partial charge is 0.307 e. The van der Waals surface area contributed by atoms with Crippen molar-refractivity contribution in [3.63, 3.8) is 0 Å². The molecule has 0 atom stereocenters. The van der Waals surface area contributed by atoms with Crippen LogP contribution in [0, 0.1) is 0 Å². The maximum absolute atomic E-state index is 13.1. The molecule has 1 aliphatic rings. The van der Waals surface area contributed by atoms with Crippen LogP contribution >= 0.6 is 0 Å². The van der Waals surface area contributed by atoms with E-state index in [1.165, 1.54) is 7.11 Å². The molecule has 1 fully saturated rings. The van der Waals surface area contributed by atoms with E-state index in [4.69, 9.17) is 0 Å². The summed E-state index contributed by atoms with van der Waals surface area (Å²) in [6, 6.07) is 8.44. The van der Waals surface area contributed by atoms with Gasteiger partial charge in [-0.2, -0.15) is 5.10 Å². The Morgan fingerprint density at radius 2 is 1.93 bits per heavy atom. The van der Waals surface area contributed by atoms with Gasteiger partial charge < -0.3 is 20.7 Å². The molecule has 0 unspecified atom stereocenters. The predicted molar refractivity (Wildman–Crippen MR) is 106 cm³/mol. The number of hydrogen-bond acceptors (Lipinski definition) is 6. The molecule has 3 N–H and O–H groups in total. The van der Waals surface area contributed by atoms with E-state index in [1.54, 1.807) is 35.1 Å². The lowest BCUT2D eigenvalue weighted by Gasteiger charge is -2.36. The maximum Gasteiger partial charge on any atom is 0.307 e. The highest BCUT2D eigenvalue weighted by molar-refractivity contribution is 5.98. The van der Waals surface area contributed by atoms with Crippen LogP contribution in [0.2, 0.25) is 0 Å². The van der Waals surface area contributed by atoms with Crippen molar-refractivity contribution in [1.29, 1.82) is 0 Å². The average molecular weight is 399 g/mol. The first-order chi connectivity index (χ1) is 14.0. The molecule has 3 rings (SSSR count). The Bertz CT molecular complexity index is 842. The summed E-state index contributed by atoms with van der Waals surface area (Å²) in [4.78, 5) is 36.3. The Labute approximate surface area is 168 Å². The first-order valence-corrected chi connectivity index (χ1v) is 9.52. The number of hydrogen-bond donors (Lipinski definition) is 3. The number of benzene rings is 1. The van der Waals surface area contributed by atoms with E-state index in [1.807, 2.05) is 12.3 Å².